The van der Waals surface area contributed by atoms with Crippen LogP contribution in [0.25, 0.3) is 0 Å². The summed E-state index contributed by atoms with van der Waals surface area (Å²) in [6.07, 6.45) is 0. The lowest BCUT2D eigenvalue weighted by Gasteiger charge is -2.07. The molecule has 8 nitrogen and oxygen atoms in total. The Hall–Kier alpha value is -2.68. The van der Waals surface area contributed by atoms with Crippen molar-refractivity contribution in [1.29, 1.82) is 0 Å². The van der Waals surface area contributed by atoms with Crippen LogP contribution in [0.2, 0.25) is 0 Å². The van der Waals surface area contributed by atoms with Gasteiger partial charge in [0, 0.05) is 5.38 Å². The van der Waals surface area contributed by atoms with Gasteiger partial charge in [-0.2, -0.15) is 0 Å². The zero-order valence-corrected chi connectivity index (χ0v) is 11.8. The predicted molar refractivity (Wildman–Crippen MR) is 78.7 cm³/mol. The average Bonchev–Trinajstić information content (AvgIpc) is 2.87. The van der Waals surface area contributed by atoms with Gasteiger partial charge in [-0.3, -0.25) is 14.9 Å². The Morgan fingerprint density at radius 1 is 1.57 bits per heavy atom. The van der Waals surface area contributed by atoms with Gasteiger partial charge in [0.1, 0.15) is 17.1 Å². The van der Waals surface area contributed by atoms with E-state index in [0.717, 1.165) is 11.3 Å². The van der Waals surface area contributed by atoms with E-state index in [1.807, 2.05) is 0 Å². The quantitative estimate of drug-likeness (QED) is 0.645. The Labute approximate surface area is 123 Å². The van der Waals surface area contributed by atoms with E-state index in [0.29, 0.717) is 12.4 Å². The smallest absolute Gasteiger partial charge is 0.296 e. The van der Waals surface area contributed by atoms with Gasteiger partial charge in [-0.15, -0.1) is 11.3 Å². The minimum atomic E-state index is -0.590. The minimum Gasteiger partial charge on any atom is -0.494 e. The van der Waals surface area contributed by atoms with Gasteiger partial charge in [-0.05, 0) is 19.1 Å². The molecule has 0 atom stereocenters. The van der Waals surface area contributed by atoms with Gasteiger partial charge in [0.2, 0.25) is 0 Å². The second-order valence-corrected chi connectivity index (χ2v) is 4.78. The molecule has 0 aliphatic heterocycles. The number of amides is 1. The zero-order chi connectivity index (χ0) is 15.4. The Bertz CT molecular complexity index is 686. The van der Waals surface area contributed by atoms with Crippen LogP contribution in [0.5, 0.6) is 5.75 Å². The lowest BCUT2D eigenvalue weighted by Crippen LogP contribution is -2.13. The molecule has 1 heterocycles. The van der Waals surface area contributed by atoms with Crippen LogP contribution < -0.4 is 15.8 Å². The van der Waals surface area contributed by atoms with E-state index in [9.17, 15) is 14.9 Å². The number of rotatable bonds is 5. The molecule has 0 saturated carbocycles. The molecule has 1 aromatic carbocycles. The molecule has 21 heavy (non-hydrogen) atoms. The normalized spacial score (nSPS) is 10.1. The zero-order valence-electron chi connectivity index (χ0n) is 11.0. The molecule has 0 unspecified atom stereocenters. The maximum atomic E-state index is 11.9. The van der Waals surface area contributed by atoms with Crippen LogP contribution >= 0.6 is 11.3 Å². The van der Waals surface area contributed by atoms with Gasteiger partial charge in [0.25, 0.3) is 11.6 Å². The van der Waals surface area contributed by atoms with Crippen LogP contribution in [-0.2, 0) is 0 Å². The van der Waals surface area contributed by atoms with Gasteiger partial charge < -0.3 is 15.8 Å². The summed E-state index contributed by atoms with van der Waals surface area (Å²) in [4.78, 5) is 26.2. The summed E-state index contributed by atoms with van der Waals surface area (Å²) in [6, 6.07) is 4.22. The van der Waals surface area contributed by atoms with Gasteiger partial charge >= 0.3 is 0 Å². The summed E-state index contributed by atoms with van der Waals surface area (Å²) < 4.78 is 5.20. The van der Waals surface area contributed by atoms with Crippen LogP contribution in [0.1, 0.15) is 17.4 Å². The van der Waals surface area contributed by atoms with E-state index in [-0.39, 0.29) is 22.2 Å². The molecule has 0 fully saturated rings. The SMILES string of the molecule is CCOc1ccc(NC(=O)c2csc(N)n2)c([N+](=O)[O-])c1. The van der Waals surface area contributed by atoms with Crippen molar-refractivity contribution in [2.24, 2.45) is 0 Å². The van der Waals surface area contributed by atoms with Crippen LogP contribution in [-0.4, -0.2) is 22.4 Å². The fourth-order valence-corrected chi connectivity index (χ4v) is 2.15. The Balaban J connectivity index is 2.26. The van der Waals surface area contributed by atoms with E-state index >= 15 is 0 Å². The molecule has 1 aromatic heterocycles. The highest BCUT2D eigenvalue weighted by atomic mass is 32.1. The fraction of sp³-hybridized carbons (Fsp3) is 0.167. The Morgan fingerprint density at radius 2 is 2.33 bits per heavy atom. The number of aromatic nitrogens is 1. The summed E-state index contributed by atoms with van der Waals surface area (Å²) in [6.45, 7) is 2.16. The van der Waals surface area contributed by atoms with Crippen LogP contribution in [0, 0.1) is 10.1 Å². The number of hydrogen-bond acceptors (Lipinski definition) is 7. The van der Waals surface area contributed by atoms with Crippen molar-refractivity contribution in [1.82, 2.24) is 4.98 Å². The topological polar surface area (TPSA) is 120 Å². The third-order valence-corrected chi connectivity index (χ3v) is 3.15. The largest absolute Gasteiger partial charge is 0.494 e. The first-order valence-corrected chi connectivity index (χ1v) is 6.82. The number of ether oxygens (including phenoxy) is 1. The fourth-order valence-electron chi connectivity index (χ4n) is 1.60. The molecule has 0 aliphatic rings. The molecule has 0 spiro atoms. The average molecular weight is 308 g/mol. The first-order chi connectivity index (χ1) is 10.0. The Kier molecular flexibility index (Phi) is 4.33. The second-order valence-electron chi connectivity index (χ2n) is 3.89. The second kappa shape index (κ2) is 6.18. The predicted octanol–water partition coefficient (Wildman–Crippen LogP) is 2.28. The third-order valence-electron chi connectivity index (χ3n) is 2.48. The summed E-state index contributed by atoms with van der Waals surface area (Å²) in [5, 5.41) is 15.2. The first-order valence-electron chi connectivity index (χ1n) is 5.95. The lowest BCUT2D eigenvalue weighted by molar-refractivity contribution is -0.384. The van der Waals surface area contributed by atoms with Gasteiger partial charge in [0.15, 0.2) is 5.13 Å². The van der Waals surface area contributed by atoms with Gasteiger partial charge in [0.05, 0.1) is 17.6 Å². The molecule has 110 valence electrons. The molecule has 0 aliphatic carbocycles. The van der Waals surface area contributed by atoms with E-state index in [2.05, 4.69) is 10.3 Å². The number of nitrogens with two attached hydrogens (primary N) is 1. The maximum absolute atomic E-state index is 11.9. The Morgan fingerprint density at radius 3 is 2.90 bits per heavy atom. The van der Waals surface area contributed by atoms with Crippen molar-refractivity contribution in [3.05, 3.63) is 39.4 Å². The third kappa shape index (κ3) is 3.45. The lowest BCUT2D eigenvalue weighted by atomic mass is 10.2. The number of benzene rings is 1. The maximum Gasteiger partial charge on any atom is 0.296 e. The summed E-state index contributed by atoms with van der Waals surface area (Å²) in [7, 11) is 0. The standard InChI is InChI=1S/C12H12N4O4S/c1-2-20-7-3-4-8(10(5-7)16(18)19)14-11(17)9-6-21-12(13)15-9/h3-6H,2H2,1H3,(H2,13,15)(H,14,17). The van der Waals surface area contributed by atoms with Gasteiger partial charge in [-0.1, -0.05) is 0 Å². The van der Waals surface area contributed by atoms with E-state index < -0.39 is 10.8 Å². The van der Waals surface area contributed by atoms with Crippen LogP contribution in [0.15, 0.2) is 23.6 Å². The monoisotopic (exact) mass is 308 g/mol. The van der Waals surface area contributed by atoms with Gasteiger partial charge in [-0.25, -0.2) is 4.98 Å². The molecule has 1 amide bonds. The highest BCUT2D eigenvalue weighted by molar-refractivity contribution is 7.13. The molecule has 9 heteroatoms. The molecular weight excluding hydrogens is 296 g/mol. The molecule has 3 N–H and O–H groups in total. The van der Waals surface area contributed by atoms with E-state index in [1.165, 1.54) is 17.5 Å². The molecular formula is C12H12N4O4S. The van der Waals surface area contributed by atoms with Crippen molar-refractivity contribution < 1.29 is 14.5 Å². The highest BCUT2D eigenvalue weighted by Crippen LogP contribution is 2.29. The number of hydrogen-bond donors (Lipinski definition) is 2. The first kappa shape index (κ1) is 14.7. The minimum absolute atomic E-state index is 0.0695. The summed E-state index contributed by atoms with van der Waals surface area (Å²) in [5.74, 6) is -0.199. The molecule has 2 aromatic rings. The van der Waals surface area contributed by atoms with Crippen molar-refractivity contribution in [3.63, 3.8) is 0 Å². The number of carbonyl (C=O) groups is 1. The number of anilines is 2. The van der Waals surface area contributed by atoms with Crippen molar-refractivity contribution in [2.75, 3.05) is 17.7 Å². The van der Waals surface area contributed by atoms with Crippen molar-refractivity contribution >= 4 is 33.8 Å². The number of nitro groups is 1. The molecule has 0 bridgehead atoms. The number of nitrogen functional groups attached to an aromatic ring is 1. The number of nitrogens with one attached hydrogen (secondary N) is 1. The van der Waals surface area contributed by atoms with E-state index in [1.54, 1.807) is 13.0 Å². The number of carbonyl (C=O) groups excluding carboxylic acids is 1. The van der Waals surface area contributed by atoms with Crippen molar-refractivity contribution in [2.45, 2.75) is 6.92 Å². The van der Waals surface area contributed by atoms with E-state index in [4.69, 9.17) is 10.5 Å². The highest BCUT2D eigenvalue weighted by Gasteiger charge is 2.19. The van der Waals surface area contributed by atoms with Crippen molar-refractivity contribution in [3.8, 4) is 5.75 Å². The molecule has 2 rings (SSSR count). The summed E-state index contributed by atoms with van der Waals surface area (Å²) >= 11 is 1.11. The van der Waals surface area contributed by atoms with Crippen LogP contribution in [0.3, 0.4) is 0 Å². The number of nitrogens with zero attached hydrogens (tertiary/aromatic N) is 2. The molecule has 0 radical (unpaired) electrons. The number of thiazole rings is 1. The molecule has 0 saturated heterocycles. The van der Waals surface area contributed by atoms with Crippen LogP contribution in [0.4, 0.5) is 16.5 Å². The summed E-state index contributed by atoms with van der Waals surface area (Å²) in [5.41, 5.74) is 5.37. The number of nitro benzene ring substituents is 1.